The van der Waals surface area contributed by atoms with E-state index in [-0.39, 0.29) is 12.2 Å². The molecule has 0 saturated heterocycles. The van der Waals surface area contributed by atoms with Crippen molar-refractivity contribution in [3.05, 3.63) is 41.8 Å². The second-order valence-corrected chi connectivity index (χ2v) is 4.02. The number of nitrogens with zero attached hydrogens (tertiary/aromatic N) is 2. The minimum atomic E-state index is -0.877. The molecule has 1 N–H and O–H groups in total. The van der Waals surface area contributed by atoms with Gasteiger partial charge in [-0.2, -0.15) is 5.10 Å². The van der Waals surface area contributed by atoms with Crippen molar-refractivity contribution in [3.63, 3.8) is 0 Å². The van der Waals surface area contributed by atoms with Crippen molar-refractivity contribution in [2.75, 3.05) is 0 Å². The van der Waals surface area contributed by atoms with Crippen LogP contribution in [0.3, 0.4) is 0 Å². The predicted octanol–water partition coefficient (Wildman–Crippen LogP) is 2.24. The lowest BCUT2D eigenvalue weighted by molar-refractivity contribution is -0.136. The Morgan fingerprint density at radius 1 is 1.44 bits per heavy atom. The quantitative estimate of drug-likeness (QED) is 0.902. The highest BCUT2D eigenvalue weighted by Crippen LogP contribution is 2.26. The van der Waals surface area contributed by atoms with Crippen LogP contribution in [0, 0.1) is 5.82 Å². The van der Waals surface area contributed by atoms with Crippen LogP contribution < -0.4 is 0 Å². The summed E-state index contributed by atoms with van der Waals surface area (Å²) in [5.74, 6) is -1.21. The first-order valence-corrected chi connectivity index (χ1v) is 5.57. The van der Waals surface area contributed by atoms with Crippen molar-refractivity contribution in [2.24, 2.45) is 7.05 Å². The fraction of sp³-hybridized carbons (Fsp3) is 0.231. The van der Waals surface area contributed by atoms with E-state index >= 15 is 0 Å². The van der Waals surface area contributed by atoms with Crippen LogP contribution in [0.25, 0.3) is 11.3 Å². The van der Waals surface area contributed by atoms with Crippen LogP contribution in [0.1, 0.15) is 12.0 Å². The molecule has 0 atom stereocenters. The fourth-order valence-electron chi connectivity index (χ4n) is 1.91. The molecule has 2 rings (SSSR count). The van der Waals surface area contributed by atoms with Gasteiger partial charge in [0.25, 0.3) is 0 Å². The van der Waals surface area contributed by atoms with E-state index in [0.29, 0.717) is 17.7 Å². The molecule has 4 nitrogen and oxygen atoms in total. The number of aromatic nitrogens is 2. The van der Waals surface area contributed by atoms with Gasteiger partial charge in [-0.25, -0.2) is 4.39 Å². The second-order valence-electron chi connectivity index (χ2n) is 4.02. The lowest BCUT2D eigenvalue weighted by Crippen LogP contribution is -2.01. The Labute approximate surface area is 104 Å². The van der Waals surface area contributed by atoms with Crippen LogP contribution in [-0.4, -0.2) is 20.9 Å². The van der Waals surface area contributed by atoms with E-state index in [9.17, 15) is 9.18 Å². The summed E-state index contributed by atoms with van der Waals surface area (Å²) in [5.41, 5.74) is 1.82. The summed E-state index contributed by atoms with van der Waals surface area (Å²) in [6.07, 6.45) is 1.94. The zero-order valence-electron chi connectivity index (χ0n) is 9.93. The third-order valence-corrected chi connectivity index (χ3v) is 2.75. The minimum absolute atomic E-state index is 0.00709. The van der Waals surface area contributed by atoms with Gasteiger partial charge in [0.2, 0.25) is 0 Å². The molecule has 0 aliphatic rings. The summed E-state index contributed by atoms with van der Waals surface area (Å²) in [5, 5.41) is 12.8. The van der Waals surface area contributed by atoms with E-state index in [1.807, 2.05) is 0 Å². The number of benzene rings is 1. The largest absolute Gasteiger partial charge is 0.481 e. The van der Waals surface area contributed by atoms with E-state index in [4.69, 9.17) is 5.11 Å². The highest BCUT2D eigenvalue weighted by Gasteiger charge is 2.14. The number of carbonyl (C=O) groups is 1. The molecule has 1 aromatic heterocycles. The number of hydrogen-bond donors (Lipinski definition) is 1. The molecule has 18 heavy (non-hydrogen) atoms. The molecule has 0 aliphatic heterocycles. The molecule has 0 amide bonds. The van der Waals surface area contributed by atoms with Gasteiger partial charge in [-0.1, -0.05) is 12.1 Å². The Kier molecular flexibility index (Phi) is 3.41. The molecule has 0 saturated carbocycles. The van der Waals surface area contributed by atoms with Crippen LogP contribution in [0.5, 0.6) is 0 Å². The number of aliphatic carboxylic acids is 1. The Hall–Kier alpha value is -2.17. The molecular formula is C13H13FN2O2. The van der Waals surface area contributed by atoms with Crippen molar-refractivity contribution in [2.45, 2.75) is 12.8 Å². The maximum atomic E-state index is 13.8. The molecule has 2 aromatic rings. The van der Waals surface area contributed by atoms with Gasteiger partial charge in [0.05, 0.1) is 11.9 Å². The average Bonchev–Trinajstić information content (AvgIpc) is 2.69. The summed E-state index contributed by atoms with van der Waals surface area (Å²) in [7, 11) is 1.71. The van der Waals surface area contributed by atoms with Crippen molar-refractivity contribution in [1.29, 1.82) is 0 Å². The molecule has 94 valence electrons. The highest BCUT2D eigenvalue weighted by molar-refractivity contribution is 5.69. The molecular weight excluding hydrogens is 235 g/mol. The third-order valence-electron chi connectivity index (χ3n) is 2.75. The molecule has 0 radical (unpaired) electrons. The number of hydrogen-bond acceptors (Lipinski definition) is 2. The lowest BCUT2D eigenvalue weighted by atomic mass is 10.0. The highest BCUT2D eigenvalue weighted by atomic mass is 19.1. The number of rotatable bonds is 4. The van der Waals surface area contributed by atoms with Gasteiger partial charge in [-0.05, 0) is 24.1 Å². The predicted molar refractivity (Wildman–Crippen MR) is 64.6 cm³/mol. The van der Waals surface area contributed by atoms with Gasteiger partial charge in [0.1, 0.15) is 5.82 Å². The summed E-state index contributed by atoms with van der Waals surface area (Å²) in [6, 6.07) is 6.40. The number of halogens is 1. The first-order valence-electron chi connectivity index (χ1n) is 5.57. The van der Waals surface area contributed by atoms with E-state index in [1.54, 1.807) is 36.1 Å². The molecule has 0 aliphatic carbocycles. The zero-order chi connectivity index (χ0) is 13.1. The van der Waals surface area contributed by atoms with E-state index in [0.717, 1.165) is 5.56 Å². The van der Waals surface area contributed by atoms with Crippen molar-refractivity contribution >= 4 is 5.97 Å². The molecule has 5 heteroatoms. The van der Waals surface area contributed by atoms with Gasteiger partial charge in [-0.3, -0.25) is 9.48 Å². The van der Waals surface area contributed by atoms with Gasteiger partial charge in [0.15, 0.2) is 0 Å². The Morgan fingerprint density at radius 3 is 2.83 bits per heavy atom. The summed E-state index contributed by atoms with van der Waals surface area (Å²) in [6.45, 7) is 0. The number of carboxylic acid groups (broad SMARTS) is 1. The molecule has 0 spiro atoms. The van der Waals surface area contributed by atoms with Gasteiger partial charge >= 0.3 is 5.97 Å². The molecule has 0 fully saturated rings. The van der Waals surface area contributed by atoms with Crippen molar-refractivity contribution < 1.29 is 14.3 Å². The summed E-state index contributed by atoms with van der Waals surface area (Å²) in [4.78, 5) is 10.6. The maximum absolute atomic E-state index is 13.8. The number of carboxylic acids is 1. The van der Waals surface area contributed by atoms with Gasteiger partial charge in [-0.15, -0.1) is 0 Å². The third kappa shape index (κ3) is 2.40. The van der Waals surface area contributed by atoms with Crippen LogP contribution >= 0.6 is 0 Å². The monoisotopic (exact) mass is 248 g/mol. The lowest BCUT2D eigenvalue weighted by Gasteiger charge is -2.06. The topological polar surface area (TPSA) is 55.1 Å². The van der Waals surface area contributed by atoms with Crippen molar-refractivity contribution in [3.8, 4) is 11.3 Å². The van der Waals surface area contributed by atoms with Gasteiger partial charge < -0.3 is 5.11 Å². The molecule has 1 aromatic carbocycles. The Morgan fingerprint density at radius 2 is 2.17 bits per heavy atom. The SMILES string of the molecule is Cn1ncc(CCC(=O)O)c1-c1ccccc1F. The van der Waals surface area contributed by atoms with Crippen LogP contribution in [-0.2, 0) is 18.3 Å². The minimum Gasteiger partial charge on any atom is -0.481 e. The van der Waals surface area contributed by atoms with Crippen LogP contribution in [0.15, 0.2) is 30.5 Å². The second kappa shape index (κ2) is 5.00. The number of aryl methyl sites for hydroxylation is 2. The van der Waals surface area contributed by atoms with E-state index in [1.165, 1.54) is 6.07 Å². The summed E-state index contributed by atoms with van der Waals surface area (Å²) < 4.78 is 15.3. The molecule has 0 unspecified atom stereocenters. The first-order chi connectivity index (χ1) is 8.59. The fourth-order valence-corrected chi connectivity index (χ4v) is 1.91. The van der Waals surface area contributed by atoms with Crippen LogP contribution in [0.4, 0.5) is 4.39 Å². The normalized spacial score (nSPS) is 10.6. The Balaban J connectivity index is 2.41. The van der Waals surface area contributed by atoms with Crippen LogP contribution in [0.2, 0.25) is 0 Å². The summed E-state index contributed by atoms with van der Waals surface area (Å²) >= 11 is 0. The molecule has 0 bridgehead atoms. The molecule has 1 heterocycles. The Bertz CT molecular complexity index is 578. The van der Waals surface area contributed by atoms with Gasteiger partial charge in [0, 0.05) is 19.0 Å². The van der Waals surface area contributed by atoms with E-state index < -0.39 is 5.97 Å². The van der Waals surface area contributed by atoms with E-state index in [2.05, 4.69) is 5.10 Å². The smallest absolute Gasteiger partial charge is 0.303 e. The first kappa shape index (κ1) is 12.3. The zero-order valence-corrected chi connectivity index (χ0v) is 9.93. The maximum Gasteiger partial charge on any atom is 0.303 e. The standard InChI is InChI=1S/C13H13FN2O2/c1-16-13(10-4-2-3-5-11(10)14)9(8-15-16)6-7-12(17)18/h2-5,8H,6-7H2,1H3,(H,17,18). The van der Waals surface area contributed by atoms with Crippen molar-refractivity contribution in [1.82, 2.24) is 9.78 Å². The average molecular weight is 248 g/mol.